The van der Waals surface area contributed by atoms with Crippen molar-refractivity contribution < 1.29 is 83.4 Å². The van der Waals surface area contributed by atoms with Crippen LogP contribution in [0, 0.1) is 0 Å². The summed E-state index contributed by atoms with van der Waals surface area (Å²) in [4.78, 5) is 0. The molecule has 0 bridgehead atoms. The van der Waals surface area contributed by atoms with E-state index < -0.39 is 74.2 Å². The average Bonchev–Trinajstić information content (AvgIpc) is 2.43. The van der Waals surface area contributed by atoms with E-state index >= 15 is 0 Å². The molecule has 0 saturated heterocycles. The van der Waals surface area contributed by atoms with Crippen molar-refractivity contribution in [2.24, 2.45) is 0 Å². The minimum Gasteiger partial charge on any atom is -0.218 e. The summed E-state index contributed by atoms with van der Waals surface area (Å²) >= 11 is -1.54. The van der Waals surface area contributed by atoms with Crippen molar-refractivity contribution in [1.82, 2.24) is 0 Å². The smallest absolute Gasteiger partial charge is 0.218 e. The Hall–Kier alpha value is -0.600. The Kier molecular flexibility index (Phi) is 6.56. The van der Waals surface area contributed by atoms with E-state index in [0.29, 0.717) is 0 Å². The van der Waals surface area contributed by atoms with Gasteiger partial charge in [-0.2, -0.15) is 79.0 Å². The summed E-state index contributed by atoms with van der Waals surface area (Å²) in [5.41, 5.74) is 0. The van der Waals surface area contributed by atoms with Crippen LogP contribution in [-0.2, 0) is 0 Å². The molecule has 0 spiro atoms. The van der Waals surface area contributed by atoms with E-state index in [9.17, 15) is 83.4 Å². The van der Waals surface area contributed by atoms with Gasteiger partial charge in [-0.05, 0) is 22.6 Å². The van der Waals surface area contributed by atoms with E-state index in [-0.39, 0.29) is 0 Å². The molecule has 176 valence electrons. The van der Waals surface area contributed by atoms with E-state index in [2.05, 4.69) is 0 Å². The average molecular weight is 596 g/mol. The molecular formula is C9F19I. The minimum absolute atomic E-state index is 1.54. The molecule has 0 fully saturated rings. The predicted molar refractivity (Wildman–Crippen MR) is 59.7 cm³/mol. The Balaban J connectivity index is 6.82. The molecule has 0 N–H and O–H groups in total. The monoisotopic (exact) mass is 596 g/mol. The molecule has 0 aromatic carbocycles. The standard InChI is InChI=1S/C9F19I/c10-1(11,3(14,15)5(18,19)8(23,24)25)2(12,13)4(16,17)7(22,29)6(20,21)9(26,27)28. The summed E-state index contributed by atoms with van der Waals surface area (Å²) in [6.07, 6.45) is -15.4. The molecule has 0 rings (SSSR count). The first kappa shape index (κ1) is 28.4. The fourth-order valence-electron chi connectivity index (χ4n) is 1.34. The molecule has 1 atom stereocenters. The first-order chi connectivity index (χ1) is 12.0. The summed E-state index contributed by atoms with van der Waals surface area (Å²) in [5, 5.41) is 0. The number of hydrogen-bond donors (Lipinski definition) is 0. The Bertz CT molecular complexity index is 554. The molecule has 0 heterocycles. The Labute approximate surface area is 158 Å². The van der Waals surface area contributed by atoms with Crippen LogP contribution in [0.5, 0.6) is 0 Å². The van der Waals surface area contributed by atoms with Crippen molar-refractivity contribution in [3.8, 4) is 0 Å². The number of halogens is 20. The van der Waals surface area contributed by atoms with Gasteiger partial charge in [-0.3, -0.25) is 0 Å². The molecule has 1 unspecified atom stereocenters. The van der Waals surface area contributed by atoms with Gasteiger partial charge < -0.3 is 0 Å². The van der Waals surface area contributed by atoms with Gasteiger partial charge >= 0.3 is 51.6 Å². The van der Waals surface area contributed by atoms with Crippen molar-refractivity contribution in [3.63, 3.8) is 0 Å². The highest BCUT2D eigenvalue weighted by Gasteiger charge is 2.95. The van der Waals surface area contributed by atoms with Gasteiger partial charge in [-0.1, -0.05) is 0 Å². The summed E-state index contributed by atoms with van der Waals surface area (Å²) in [6.45, 7) is 0. The molecule has 0 aliphatic heterocycles. The van der Waals surface area contributed by atoms with Crippen LogP contribution < -0.4 is 0 Å². The van der Waals surface area contributed by atoms with E-state index in [1.165, 1.54) is 0 Å². The lowest BCUT2D eigenvalue weighted by Gasteiger charge is -2.43. The predicted octanol–water partition coefficient (Wildman–Crippen LogP) is 7.02. The lowest BCUT2D eigenvalue weighted by molar-refractivity contribution is -0.451. The minimum atomic E-state index is -8.72. The van der Waals surface area contributed by atoms with Crippen molar-refractivity contribution in [1.29, 1.82) is 0 Å². The third-order valence-corrected chi connectivity index (χ3v) is 4.43. The molecule has 0 aromatic heterocycles. The molecule has 0 aromatic rings. The van der Waals surface area contributed by atoms with E-state index in [1.54, 1.807) is 0 Å². The Morgan fingerprint density at radius 2 is 0.483 bits per heavy atom. The maximum absolute atomic E-state index is 13.4. The number of rotatable bonds is 6. The largest absolute Gasteiger partial charge is 0.460 e. The van der Waals surface area contributed by atoms with Crippen LogP contribution in [0.1, 0.15) is 0 Å². The molecule has 0 amide bonds. The van der Waals surface area contributed by atoms with E-state index in [1.807, 2.05) is 0 Å². The third kappa shape index (κ3) is 3.47. The van der Waals surface area contributed by atoms with Crippen LogP contribution in [0.3, 0.4) is 0 Å². The van der Waals surface area contributed by atoms with Gasteiger partial charge in [0.05, 0.1) is 0 Å². The topological polar surface area (TPSA) is 0 Å². The fraction of sp³-hybridized carbons (Fsp3) is 1.00. The number of alkyl halides is 20. The molecule has 29 heavy (non-hydrogen) atoms. The first-order valence-corrected chi connectivity index (χ1v) is 6.86. The van der Waals surface area contributed by atoms with Crippen molar-refractivity contribution >= 4 is 22.6 Å². The third-order valence-electron chi connectivity index (χ3n) is 3.08. The molecular weight excluding hydrogens is 596 g/mol. The zero-order valence-electron chi connectivity index (χ0n) is 12.1. The summed E-state index contributed by atoms with van der Waals surface area (Å²) in [6, 6.07) is 0. The Morgan fingerprint density at radius 1 is 0.276 bits per heavy atom. The second kappa shape index (κ2) is 6.70. The molecule has 20 heteroatoms. The van der Waals surface area contributed by atoms with Crippen molar-refractivity contribution in [2.75, 3.05) is 0 Å². The van der Waals surface area contributed by atoms with Gasteiger partial charge in [0.2, 0.25) is 0 Å². The highest BCUT2D eigenvalue weighted by Crippen LogP contribution is 2.66. The van der Waals surface area contributed by atoms with Gasteiger partial charge in [0.25, 0.3) is 0 Å². The normalized spacial score (nSPS) is 18.6. The summed E-state index contributed by atoms with van der Waals surface area (Å²) in [5.74, 6) is -50.2. The van der Waals surface area contributed by atoms with Crippen LogP contribution in [0.25, 0.3) is 0 Å². The van der Waals surface area contributed by atoms with E-state index in [4.69, 9.17) is 0 Å². The van der Waals surface area contributed by atoms with Crippen molar-refractivity contribution in [2.45, 2.75) is 51.6 Å². The lowest BCUT2D eigenvalue weighted by atomic mass is 9.90. The Morgan fingerprint density at radius 3 is 0.724 bits per heavy atom. The maximum atomic E-state index is 13.4. The fourth-order valence-corrected chi connectivity index (χ4v) is 1.99. The molecule has 0 saturated carbocycles. The second-order valence-corrected chi connectivity index (χ2v) is 6.50. The van der Waals surface area contributed by atoms with Crippen LogP contribution in [0.2, 0.25) is 0 Å². The van der Waals surface area contributed by atoms with Crippen LogP contribution in [0.4, 0.5) is 83.4 Å². The number of hydrogen-bond acceptors (Lipinski definition) is 0. The maximum Gasteiger partial charge on any atom is 0.460 e. The van der Waals surface area contributed by atoms with Gasteiger partial charge in [0, 0.05) is 0 Å². The van der Waals surface area contributed by atoms with Gasteiger partial charge in [-0.25, -0.2) is 4.39 Å². The van der Waals surface area contributed by atoms with Crippen LogP contribution in [0.15, 0.2) is 0 Å². The van der Waals surface area contributed by atoms with Gasteiger partial charge in [0.1, 0.15) is 0 Å². The molecule has 0 aliphatic rings. The summed E-state index contributed by atoms with van der Waals surface area (Å²) < 4.78 is 233. The zero-order chi connectivity index (χ0) is 24.5. The van der Waals surface area contributed by atoms with E-state index in [0.717, 1.165) is 0 Å². The lowest BCUT2D eigenvalue weighted by Crippen LogP contribution is -2.75. The van der Waals surface area contributed by atoms with Crippen LogP contribution in [-0.4, -0.2) is 51.6 Å². The van der Waals surface area contributed by atoms with Gasteiger partial charge in [0.15, 0.2) is 0 Å². The van der Waals surface area contributed by atoms with Crippen molar-refractivity contribution in [3.05, 3.63) is 0 Å². The second-order valence-electron chi connectivity index (χ2n) is 5.02. The highest BCUT2D eigenvalue weighted by molar-refractivity contribution is 14.1. The van der Waals surface area contributed by atoms with Gasteiger partial charge in [-0.15, -0.1) is 0 Å². The molecule has 0 radical (unpaired) electrons. The quantitative estimate of drug-likeness (QED) is 0.176. The first-order valence-electron chi connectivity index (χ1n) is 5.78. The SMILES string of the molecule is FC(F)(F)C(F)(F)C(F)(F)C(F)(F)C(F)(F)C(F)(F)C(F)(I)C(F)(F)C(F)(F)F. The van der Waals surface area contributed by atoms with Crippen LogP contribution >= 0.6 is 22.6 Å². The molecule has 0 aliphatic carbocycles. The highest BCUT2D eigenvalue weighted by atomic mass is 127. The zero-order valence-corrected chi connectivity index (χ0v) is 14.2. The molecule has 0 nitrogen and oxygen atoms in total. The summed E-state index contributed by atoms with van der Waals surface area (Å²) in [7, 11) is 0.